The molecule has 0 fully saturated rings. The van der Waals surface area contributed by atoms with E-state index in [0.29, 0.717) is 0 Å². The lowest BCUT2D eigenvalue weighted by Gasteiger charge is -2.05. The molecule has 0 N–H and O–H groups in total. The monoisotopic (exact) mass is 186 g/mol. The number of aryl methyl sites for hydroxylation is 1. The van der Waals surface area contributed by atoms with E-state index in [2.05, 4.69) is 47.6 Å². The van der Waals surface area contributed by atoms with E-state index >= 15 is 0 Å². The van der Waals surface area contributed by atoms with Gasteiger partial charge < -0.3 is 0 Å². The zero-order valence-corrected chi connectivity index (χ0v) is 8.10. The Labute approximate surface area is 81.6 Å². The van der Waals surface area contributed by atoms with Gasteiger partial charge in [0.15, 0.2) is 5.82 Å². The molecule has 1 atom stereocenters. The molecule has 0 saturated heterocycles. The Balaban J connectivity index is 2.33. The molecule has 2 heterocycles. The Kier molecular flexibility index (Phi) is 1.32. The predicted octanol–water partition coefficient (Wildman–Crippen LogP) is 1.57. The summed E-state index contributed by atoms with van der Waals surface area (Å²) in [6, 6.07) is 6.64. The first-order chi connectivity index (χ1) is 6.77. The number of rotatable bonds is 0. The number of hydrogen-bond acceptors (Lipinski definition) is 3. The highest BCUT2D eigenvalue weighted by Crippen LogP contribution is 2.36. The molecule has 0 spiro atoms. The topological polar surface area (TPSA) is 43.6 Å². The summed E-state index contributed by atoms with van der Waals surface area (Å²) in [6.07, 6.45) is 0. The van der Waals surface area contributed by atoms with E-state index < -0.39 is 0 Å². The fourth-order valence-electron chi connectivity index (χ4n) is 1.99. The first-order valence-electron chi connectivity index (χ1n) is 4.66. The van der Waals surface area contributed by atoms with Crippen LogP contribution in [0.5, 0.6) is 0 Å². The molecule has 0 aliphatic carbocycles. The van der Waals surface area contributed by atoms with Crippen molar-refractivity contribution < 1.29 is 0 Å². The van der Waals surface area contributed by atoms with Gasteiger partial charge in [0.2, 0.25) is 0 Å². The van der Waals surface area contributed by atoms with Gasteiger partial charge in [-0.1, -0.05) is 23.8 Å². The van der Waals surface area contributed by atoms with Crippen LogP contribution in [0.2, 0.25) is 0 Å². The van der Waals surface area contributed by atoms with E-state index in [4.69, 9.17) is 0 Å². The molecule has 1 aliphatic heterocycles. The first kappa shape index (κ1) is 7.67. The minimum absolute atomic E-state index is 0.259. The van der Waals surface area contributed by atoms with Crippen LogP contribution in [0.4, 0.5) is 0 Å². The van der Waals surface area contributed by atoms with Gasteiger partial charge >= 0.3 is 0 Å². The summed E-state index contributed by atoms with van der Waals surface area (Å²) >= 11 is 0. The summed E-state index contributed by atoms with van der Waals surface area (Å²) in [6.45, 7) is 4.21. The van der Waals surface area contributed by atoms with E-state index in [1.807, 2.05) is 4.68 Å². The van der Waals surface area contributed by atoms with Crippen molar-refractivity contribution in [3.8, 4) is 11.4 Å². The van der Waals surface area contributed by atoms with Gasteiger partial charge in [0, 0.05) is 5.56 Å². The van der Waals surface area contributed by atoms with E-state index in [-0.39, 0.29) is 6.04 Å². The minimum Gasteiger partial charge on any atom is -0.218 e. The van der Waals surface area contributed by atoms with Gasteiger partial charge in [-0.25, -0.2) is 4.68 Å². The molecule has 3 rings (SSSR count). The second-order valence-corrected chi connectivity index (χ2v) is 3.71. The van der Waals surface area contributed by atoms with Crippen LogP contribution < -0.4 is 0 Å². The van der Waals surface area contributed by atoms with Gasteiger partial charge in [-0.2, -0.15) is 0 Å². The summed E-state index contributed by atoms with van der Waals surface area (Å²) in [5.41, 5.74) is 3.73. The Morgan fingerprint density at radius 1 is 1.36 bits per heavy atom. The maximum absolute atomic E-state index is 4.02. The fraction of sp³-hybridized carbons (Fsp3) is 0.300. The molecule has 14 heavy (non-hydrogen) atoms. The summed E-state index contributed by atoms with van der Waals surface area (Å²) in [4.78, 5) is 0. The number of fused-ring (bicyclic) bond motifs is 3. The van der Waals surface area contributed by atoms with Crippen LogP contribution in [0, 0.1) is 6.92 Å². The van der Waals surface area contributed by atoms with Crippen LogP contribution in [-0.4, -0.2) is 20.2 Å². The molecule has 4 nitrogen and oxygen atoms in total. The average Bonchev–Trinajstić information content (AvgIpc) is 2.72. The molecule has 1 unspecified atom stereocenters. The smallest absolute Gasteiger partial charge is 0.182 e. The Hall–Kier alpha value is -1.71. The van der Waals surface area contributed by atoms with Crippen molar-refractivity contribution in [2.45, 2.75) is 19.9 Å². The second-order valence-electron chi connectivity index (χ2n) is 3.71. The highest BCUT2D eigenvalue weighted by molar-refractivity contribution is 5.65. The molecule has 4 heteroatoms. The normalized spacial score (nSPS) is 18.0. The molecule has 0 bridgehead atoms. The lowest BCUT2D eigenvalue weighted by Crippen LogP contribution is -2.02. The number of hydrogen-bond donors (Lipinski definition) is 0. The number of nitrogens with zero attached hydrogens (tertiary/aromatic N) is 4. The van der Waals surface area contributed by atoms with Gasteiger partial charge in [-0.05, 0) is 29.8 Å². The summed E-state index contributed by atoms with van der Waals surface area (Å²) in [7, 11) is 0. The zero-order chi connectivity index (χ0) is 9.71. The average molecular weight is 186 g/mol. The number of benzene rings is 1. The van der Waals surface area contributed by atoms with Gasteiger partial charge in [0.1, 0.15) is 0 Å². The van der Waals surface area contributed by atoms with Crippen molar-refractivity contribution in [3.63, 3.8) is 0 Å². The van der Waals surface area contributed by atoms with Gasteiger partial charge in [0.25, 0.3) is 0 Å². The molecule has 1 aliphatic rings. The van der Waals surface area contributed by atoms with Crippen molar-refractivity contribution in [2.24, 2.45) is 0 Å². The van der Waals surface area contributed by atoms with Crippen LogP contribution in [-0.2, 0) is 0 Å². The Morgan fingerprint density at radius 3 is 3.07 bits per heavy atom. The lowest BCUT2D eigenvalue weighted by molar-refractivity contribution is 0.567. The van der Waals surface area contributed by atoms with Crippen molar-refractivity contribution in [1.29, 1.82) is 0 Å². The third-order valence-corrected chi connectivity index (χ3v) is 2.76. The quantitative estimate of drug-likeness (QED) is 0.627. The van der Waals surface area contributed by atoms with E-state index in [9.17, 15) is 0 Å². The maximum atomic E-state index is 4.02. The van der Waals surface area contributed by atoms with Gasteiger partial charge in [-0.3, -0.25) is 0 Å². The van der Waals surface area contributed by atoms with Gasteiger partial charge in [-0.15, -0.1) is 5.10 Å². The van der Waals surface area contributed by atoms with Crippen LogP contribution >= 0.6 is 0 Å². The van der Waals surface area contributed by atoms with Gasteiger partial charge in [0.05, 0.1) is 6.04 Å². The number of tetrazole rings is 1. The Bertz CT molecular complexity index is 501. The molecule has 2 aromatic rings. The van der Waals surface area contributed by atoms with E-state index in [1.165, 1.54) is 11.1 Å². The molecule has 0 radical (unpaired) electrons. The molecule has 70 valence electrons. The number of aromatic nitrogens is 4. The molecule has 0 amide bonds. The lowest BCUT2D eigenvalue weighted by atomic mass is 10.0. The largest absolute Gasteiger partial charge is 0.218 e. The second kappa shape index (κ2) is 2.41. The molecule has 0 saturated carbocycles. The molecular formula is C10H10N4. The molecule has 1 aromatic heterocycles. The summed E-state index contributed by atoms with van der Waals surface area (Å²) < 4.78 is 1.87. The third-order valence-electron chi connectivity index (χ3n) is 2.76. The summed E-state index contributed by atoms with van der Waals surface area (Å²) in [5.74, 6) is 0.882. The predicted molar refractivity (Wildman–Crippen MR) is 51.8 cm³/mol. The highest BCUT2D eigenvalue weighted by Gasteiger charge is 2.27. The van der Waals surface area contributed by atoms with Crippen LogP contribution in [0.25, 0.3) is 11.4 Å². The van der Waals surface area contributed by atoms with Crippen LogP contribution in [0.1, 0.15) is 24.1 Å². The SMILES string of the molecule is Cc1ccc2c(c1)C(C)n1nnnc1-2. The molecular weight excluding hydrogens is 176 g/mol. The highest BCUT2D eigenvalue weighted by atomic mass is 15.6. The van der Waals surface area contributed by atoms with Crippen LogP contribution in [0.15, 0.2) is 18.2 Å². The zero-order valence-electron chi connectivity index (χ0n) is 8.10. The third kappa shape index (κ3) is 0.801. The van der Waals surface area contributed by atoms with Crippen LogP contribution in [0.3, 0.4) is 0 Å². The Morgan fingerprint density at radius 2 is 2.21 bits per heavy atom. The molecule has 1 aromatic carbocycles. The van der Waals surface area contributed by atoms with Crippen molar-refractivity contribution >= 4 is 0 Å². The van der Waals surface area contributed by atoms with Crippen molar-refractivity contribution in [1.82, 2.24) is 20.2 Å². The summed E-state index contributed by atoms with van der Waals surface area (Å²) in [5, 5.41) is 11.7. The standard InChI is InChI=1S/C10H10N4/c1-6-3-4-8-9(5-6)7(2)14-10(8)11-12-13-14/h3-5,7H,1-2H3. The first-order valence-corrected chi connectivity index (χ1v) is 4.66. The van der Waals surface area contributed by atoms with Crippen molar-refractivity contribution in [2.75, 3.05) is 0 Å². The van der Waals surface area contributed by atoms with Crippen molar-refractivity contribution in [3.05, 3.63) is 29.3 Å². The fourth-order valence-corrected chi connectivity index (χ4v) is 1.99. The minimum atomic E-state index is 0.259. The van der Waals surface area contributed by atoms with E-state index in [1.54, 1.807) is 0 Å². The maximum Gasteiger partial charge on any atom is 0.182 e. The van der Waals surface area contributed by atoms with E-state index in [0.717, 1.165) is 11.4 Å².